The van der Waals surface area contributed by atoms with Gasteiger partial charge in [-0.15, -0.1) is 0 Å². The molecular formula is C24H25F3N2O3. The quantitative estimate of drug-likeness (QED) is 0.723. The molecule has 5 nitrogen and oxygen atoms in total. The van der Waals surface area contributed by atoms with E-state index in [-0.39, 0.29) is 11.9 Å². The monoisotopic (exact) mass is 446 g/mol. The molecule has 2 aliphatic heterocycles. The van der Waals surface area contributed by atoms with Gasteiger partial charge in [-0.1, -0.05) is 36.4 Å². The molecule has 1 N–H and O–H groups in total. The summed E-state index contributed by atoms with van der Waals surface area (Å²) in [5, 5.41) is 3.00. The minimum Gasteiger partial charge on any atom is -0.445 e. The molecule has 1 saturated heterocycles. The summed E-state index contributed by atoms with van der Waals surface area (Å²) in [5.41, 5.74) is -0.0183. The number of alkyl halides is 3. The van der Waals surface area contributed by atoms with Crippen LogP contribution in [-0.4, -0.2) is 41.5 Å². The number of piperidine rings is 1. The number of carbonyl (C=O) groups excluding carboxylic acids is 2. The molecule has 2 aromatic carbocycles. The second-order valence-corrected chi connectivity index (χ2v) is 8.68. The molecule has 1 atom stereocenters. The highest BCUT2D eigenvalue weighted by Gasteiger charge is 2.43. The number of fused-ring (bicyclic) bond motifs is 1. The summed E-state index contributed by atoms with van der Waals surface area (Å²) in [5.74, 6) is -0.822. The summed E-state index contributed by atoms with van der Waals surface area (Å²) in [6, 6.07) is 12.4. The second kappa shape index (κ2) is 8.58. The number of hydrogen-bond donors (Lipinski definition) is 1. The molecule has 0 spiro atoms. The Bertz CT molecular complexity index is 1020. The van der Waals surface area contributed by atoms with E-state index in [1.54, 1.807) is 25.1 Å². The van der Waals surface area contributed by atoms with Crippen molar-refractivity contribution in [1.82, 2.24) is 10.2 Å². The van der Waals surface area contributed by atoms with E-state index in [0.717, 1.165) is 11.6 Å². The zero-order valence-electron chi connectivity index (χ0n) is 17.7. The van der Waals surface area contributed by atoms with Gasteiger partial charge in [-0.3, -0.25) is 9.69 Å². The Hall–Kier alpha value is -2.87. The Labute approximate surface area is 184 Å². The van der Waals surface area contributed by atoms with Crippen molar-refractivity contribution in [2.45, 2.75) is 50.6 Å². The van der Waals surface area contributed by atoms with Gasteiger partial charge in [0.25, 0.3) is 5.91 Å². The summed E-state index contributed by atoms with van der Waals surface area (Å²) in [4.78, 5) is 27.3. The summed E-state index contributed by atoms with van der Waals surface area (Å²) in [6.07, 6.45) is -2.70. The van der Waals surface area contributed by atoms with Gasteiger partial charge in [0.15, 0.2) is 5.60 Å². The minimum absolute atomic E-state index is 0.0760. The third-order valence-corrected chi connectivity index (χ3v) is 6.15. The second-order valence-electron chi connectivity index (χ2n) is 8.68. The first-order chi connectivity index (χ1) is 15.1. The molecule has 170 valence electrons. The highest BCUT2D eigenvalue weighted by molar-refractivity contribution is 5.97. The third-order valence-electron chi connectivity index (χ3n) is 6.15. The Morgan fingerprint density at radius 3 is 2.59 bits per heavy atom. The zero-order chi connectivity index (χ0) is 22.9. The van der Waals surface area contributed by atoms with Gasteiger partial charge in [0, 0.05) is 32.1 Å². The number of halogens is 3. The van der Waals surface area contributed by atoms with Crippen LogP contribution in [0.1, 0.15) is 46.8 Å². The predicted octanol–water partition coefficient (Wildman–Crippen LogP) is 3.96. The smallest absolute Gasteiger partial charge is 0.416 e. The lowest BCUT2D eigenvalue weighted by Crippen LogP contribution is -2.55. The first-order valence-corrected chi connectivity index (χ1v) is 10.6. The number of likely N-dealkylation sites (tertiary alicyclic amines) is 1. The van der Waals surface area contributed by atoms with Crippen molar-refractivity contribution in [3.8, 4) is 0 Å². The molecule has 8 heteroatoms. The van der Waals surface area contributed by atoms with Crippen LogP contribution in [-0.2, 0) is 28.7 Å². The van der Waals surface area contributed by atoms with Gasteiger partial charge in [0.05, 0.1) is 11.1 Å². The van der Waals surface area contributed by atoms with Crippen LogP contribution in [0.2, 0.25) is 0 Å². The largest absolute Gasteiger partial charge is 0.445 e. The molecule has 2 aliphatic rings. The SMILES string of the molecule is CC1(C(=O)NC2CCN(Cc3cccc(C(F)(F)F)c3)CC2)Cc2ccccc2C(=O)O1. The number of benzene rings is 2. The predicted molar refractivity (Wildman–Crippen MR) is 112 cm³/mol. The average molecular weight is 446 g/mol. The van der Waals surface area contributed by atoms with Crippen LogP contribution < -0.4 is 5.32 Å². The molecule has 1 unspecified atom stereocenters. The minimum atomic E-state index is -4.35. The van der Waals surface area contributed by atoms with E-state index >= 15 is 0 Å². The van der Waals surface area contributed by atoms with E-state index in [4.69, 9.17) is 4.74 Å². The molecule has 0 radical (unpaired) electrons. The van der Waals surface area contributed by atoms with E-state index in [0.29, 0.717) is 50.0 Å². The van der Waals surface area contributed by atoms with Gasteiger partial charge in [-0.05, 0) is 43.0 Å². The molecule has 0 bridgehead atoms. The van der Waals surface area contributed by atoms with Gasteiger partial charge in [-0.25, -0.2) is 4.79 Å². The van der Waals surface area contributed by atoms with Crippen molar-refractivity contribution < 1.29 is 27.5 Å². The van der Waals surface area contributed by atoms with Crippen molar-refractivity contribution in [3.05, 3.63) is 70.8 Å². The zero-order valence-corrected chi connectivity index (χ0v) is 17.7. The fourth-order valence-corrected chi connectivity index (χ4v) is 4.34. The molecule has 0 saturated carbocycles. The van der Waals surface area contributed by atoms with Crippen molar-refractivity contribution in [1.29, 1.82) is 0 Å². The van der Waals surface area contributed by atoms with Crippen LogP contribution in [0.15, 0.2) is 48.5 Å². The first-order valence-electron chi connectivity index (χ1n) is 10.6. The van der Waals surface area contributed by atoms with E-state index in [1.807, 2.05) is 12.1 Å². The highest BCUT2D eigenvalue weighted by Crippen LogP contribution is 2.31. The molecule has 2 heterocycles. The fraction of sp³-hybridized carbons (Fsp3) is 0.417. The molecular weight excluding hydrogens is 421 g/mol. The third kappa shape index (κ3) is 4.80. The Kier molecular flexibility index (Phi) is 5.99. The van der Waals surface area contributed by atoms with Gasteiger partial charge < -0.3 is 10.1 Å². The van der Waals surface area contributed by atoms with E-state index in [2.05, 4.69) is 10.2 Å². The maximum atomic E-state index is 12.9. The summed E-state index contributed by atoms with van der Waals surface area (Å²) < 4.78 is 44.3. The van der Waals surface area contributed by atoms with Crippen molar-refractivity contribution in [2.24, 2.45) is 0 Å². The lowest BCUT2D eigenvalue weighted by atomic mass is 9.89. The topological polar surface area (TPSA) is 58.6 Å². The van der Waals surface area contributed by atoms with Gasteiger partial charge in [0.2, 0.25) is 0 Å². The maximum absolute atomic E-state index is 12.9. The van der Waals surface area contributed by atoms with Gasteiger partial charge in [0.1, 0.15) is 0 Å². The summed E-state index contributed by atoms with van der Waals surface area (Å²) >= 11 is 0. The number of nitrogens with one attached hydrogen (secondary N) is 1. The Morgan fingerprint density at radius 1 is 1.16 bits per heavy atom. The first kappa shape index (κ1) is 22.3. The number of esters is 1. The highest BCUT2D eigenvalue weighted by atomic mass is 19.4. The molecule has 0 aliphatic carbocycles. The van der Waals surface area contributed by atoms with Gasteiger partial charge >= 0.3 is 12.1 Å². The lowest BCUT2D eigenvalue weighted by Gasteiger charge is -2.37. The van der Waals surface area contributed by atoms with Crippen LogP contribution in [0.4, 0.5) is 13.2 Å². The number of carbonyl (C=O) groups is 2. The van der Waals surface area contributed by atoms with E-state index in [9.17, 15) is 22.8 Å². The van der Waals surface area contributed by atoms with Crippen molar-refractivity contribution in [3.63, 3.8) is 0 Å². The number of hydrogen-bond acceptors (Lipinski definition) is 4. The number of amides is 1. The van der Waals surface area contributed by atoms with Crippen LogP contribution in [0, 0.1) is 0 Å². The number of rotatable bonds is 4. The standard InChI is InChI=1S/C24H25F3N2O3/c1-23(14-17-6-2-3-8-20(17)21(30)32-23)22(31)28-19-9-11-29(12-10-19)15-16-5-4-7-18(13-16)24(25,26)27/h2-8,13,19H,9-12,14-15H2,1H3,(H,28,31). The number of cyclic esters (lactones) is 1. The van der Waals surface area contributed by atoms with Crippen LogP contribution in [0.5, 0.6) is 0 Å². The molecule has 0 aromatic heterocycles. The number of nitrogens with zero attached hydrogens (tertiary/aromatic N) is 1. The number of ether oxygens (including phenoxy) is 1. The van der Waals surface area contributed by atoms with Crippen molar-refractivity contribution in [2.75, 3.05) is 13.1 Å². The Morgan fingerprint density at radius 2 is 1.88 bits per heavy atom. The summed E-state index contributed by atoms with van der Waals surface area (Å²) in [7, 11) is 0. The van der Waals surface area contributed by atoms with E-state index in [1.165, 1.54) is 12.1 Å². The maximum Gasteiger partial charge on any atom is 0.416 e. The molecule has 32 heavy (non-hydrogen) atoms. The van der Waals surface area contributed by atoms with Crippen LogP contribution in [0.25, 0.3) is 0 Å². The average Bonchev–Trinajstić information content (AvgIpc) is 2.74. The van der Waals surface area contributed by atoms with Crippen LogP contribution >= 0.6 is 0 Å². The van der Waals surface area contributed by atoms with E-state index < -0.39 is 23.3 Å². The lowest BCUT2D eigenvalue weighted by molar-refractivity contribution is -0.141. The normalized spacial score (nSPS) is 22.2. The summed E-state index contributed by atoms with van der Waals surface area (Å²) in [6.45, 7) is 3.36. The molecule has 1 fully saturated rings. The Balaban J connectivity index is 1.32. The fourth-order valence-electron chi connectivity index (χ4n) is 4.34. The molecule has 2 aromatic rings. The molecule has 4 rings (SSSR count). The molecule has 1 amide bonds. The van der Waals surface area contributed by atoms with Gasteiger partial charge in [-0.2, -0.15) is 13.2 Å². The van der Waals surface area contributed by atoms with Crippen LogP contribution in [0.3, 0.4) is 0 Å². The van der Waals surface area contributed by atoms with Crippen molar-refractivity contribution >= 4 is 11.9 Å².